The van der Waals surface area contributed by atoms with Gasteiger partial charge in [-0.1, -0.05) is 27.2 Å². The summed E-state index contributed by atoms with van der Waals surface area (Å²) in [5.41, 5.74) is -0.693. The van der Waals surface area contributed by atoms with Gasteiger partial charge in [-0.05, 0) is 46.5 Å². The van der Waals surface area contributed by atoms with Crippen LogP contribution in [0.5, 0.6) is 0 Å². The van der Waals surface area contributed by atoms with E-state index >= 15 is 0 Å². The molecule has 0 aromatic rings. The second kappa shape index (κ2) is 12.5. The van der Waals surface area contributed by atoms with Crippen LogP contribution in [0.25, 0.3) is 0 Å². The summed E-state index contributed by atoms with van der Waals surface area (Å²) in [6, 6.07) is -2.40. The number of amides is 3. The number of methoxy groups -OCH3 is 1. The smallest absolute Gasteiger partial charge is 0.408 e. The van der Waals surface area contributed by atoms with E-state index in [4.69, 9.17) is 9.47 Å². The molecule has 0 aromatic heterocycles. The topological polar surface area (TPSA) is 105 Å². The predicted molar refractivity (Wildman–Crippen MR) is 118 cm³/mol. The Balaban J connectivity index is 5.49. The van der Waals surface area contributed by atoms with Crippen molar-refractivity contribution in [2.24, 2.45) is 5.92 Å². The second-order valence-electron chi connectivity index (χ2n) is 9.24. The van der Waals surface area contributed by atoms with Crippen LogP contribution in [0.2, 0.25) is 0 Å². The molecule has 0 bridgehead atoms. The number of hydrogen-bond acceptors (Lipinski definition) is 6. The molecule has 1 unspecified atom stereocenters. The third-order valence-corrected chi connectivity index (χ3v) is 4.75. The fraction of sp³-hybridized carbons (Fsp3) is 0.818. The Hall–Kier alpha value is -2.32. The normalized spacial score (nSPS) is 14.3. The van der Waals surface area contributed by atoms with E-state index in [2.05, 4.69) is 5.32 Å². The SMILES string of the molecule is CCCC(C(=O)N(C)[C@@H](CC(C)C)C(=O)OC)N(C)C(=O)[C@H](C)NC(=O)OC(C)(C)C. The van der Waals surface area contributed by atoms with E-state index in [1.54, 1.807) is 27.8 Å². The predicted octanol–water partition coefficient (Wildman–Crippen LogP) is 2.57. The van der Waals surface area contributed by atoms with Crippen LogP contribution in [-0.4, -0.2) is 78.6 Å². The number of esters is 1. The molecule has 0 aliphatic rings. The van der Waals surface area contributed by atoms with Crippen LogP contribution < -0.4 is 5.32 Å². The second-order valence-corrected chi connectivity index (χ2v) is 9.24. The Morgan fingerprint density at radius 2 is 1.45 bits per heavy atom. The van der Waals surface area contributed by atoms with Crippen molar-refractivity contribution >= 4 is 23.9 Å². The molecule has 0 radical (unpaired) electrons. The van der Waals surface area contributed by atoms with Gasteiger partial charge in [-0.25, -0.2) is 9.59 Å². The molecule has 3 amide bonds. The van der Waals surface area contributed by atoms with Crippen molar-refractivity contribution in [3.05, 3.63) is 0 Å². The molecule has 0 saturated carbocycles. The maximum absolute atomic E-state index is 13.3. The monoisotopic (exact) mass is 443 g/mol. The summed E-state index contributed by atoms with van der Waals surface area (Å²) in [5.74, 6) is -1.10. The fourth-order valence-corrected chi connectivity index (χ4v) is 3.15. The highest BCUT2D eigenvalue weighted by Crippen LogP contribution is 2.17. The average Bonchev–Trinajstić information content (AvgIpc) is 2.65. The van der Waals surface area contributed by atoms with E-state index in [0.29, 0.717) is 19.3 Å². The summed E-state index contributed by atoms with van der Waals surface area (Å²) in [4.78, 5) is 53.1. The summed E-state index contributed by atoms with van der Waals surface area (Å²) in [6.07, 6.45) is 0.810. The van der Waals surface area contributed by atoms with E-state index in [0.717, 1.165) is 0 Å². The van der Waals surface area contributed by atoms with Crippen LogP contribution >= 0.6 is 0 Å². The van der Waals surface area contributed by atoms with Crippen molar-refractivity contribution in [3.63, 3.8) is 0 Å². The van der Waals surface area contributed by atoms with Crippen LogP contribution in [0, 0.1) is 5.92 Å². The first kappa shape index (κ1) is 28.7. The number of likely N-dealkylation sites (N-methyl/N-ethyl adjacent to an activating group) is 2. The molecule has 0 fully saturated rings. The Labute approximate surface area is 186 Å². The molecule has 180 valence electrons. The molecular weight excluding hydrogens is 402 g/mol. The van der Waals surface area contributed by atoms with Crippen molar-refractivity contribution in [3.8, 4) is 0 Å². The zero-order chi connectivity index (χ0) is 24.5. The molecular formula is C22H41N3O6. The van der Waals surface area contributed by atoms with Crippen LogP contribution in [-0.2, 0) is 23.9 Å². The van der Waals surface area contributed by atoms with Crippen molar-refractivity contribution in [1.29, 1.82) is 0 Å². The highest BCUT2D eigenvalue weighted by Gasteiger charge is 2.36. The van der Waals surface area contributed by atoms with Crippen LogP contribution in [0.15, 0.2) is 0 Å². The van der Waals surface area contributed by atoms with Gasteiger partial charge < -0.3 is 24.6 Å². The third-order valence-electron chi connectivity index (χ3n) is 4.75. The first-order valence-corrected chi connectivity index (χ1v) is 10.8. The molecule has 0 spiro atoms. The number of ether oxygens (including phenoxy) is 2. The van der Waals surface area contributed by atoms with Gasteiger partial charge in [0.25, 0.3) is 0 Å². The van der Waals surface area contributed by atoms with Crippen LogP contribution in [0.3, 0.4) is 0 Å². The standard InChI is InChI=1S/C22H41N3O6/c1-11-12-16(19(27)25(9)17(13-14(2)3)20(28)30-10)24(8)18(26)15(4)23-21(29)31-22(5,6)7/h14-17H,11-13H2,1-10H3,(H,23,29)/t15-,16?,17-/m0/s1. The minimum Gasteiger partial charge on any atom is -0.467 e. The molecule has 0 aliphatic heterocycles. The van der Waals surface area contributed by atoms with Crippen molar-refractivity contribution < 1.29 is 28.7 Å². The van der Waals surface area contributed by atoms with Gasteiger partial charge in [-0.3, -0.25) is 9.59 Å². The number of carbonyl (C=O) groups excluding carboxylic acids is 4. The molecule has 0 rings (SSSR count). The summed E-state index contributed by atoms with van der Waals surface area (Å²) in [6.45, 7) is 12.5. The Kier molecular flexibility index (Phi) is 11.6. The molecule has 1 N–H and O–H groups in total. The van der Waals surface area contributed by atoms with E-state index in [1.807, 2.05) is 20.8 Å². The fourth-order valence-electron chi connectivity index (χ4n) is 3.15. The first-order chi connectivity index (χ1) is 14.2. The highest BCUT2D eigenvalue weighted by atomic mass is 16.6. The van der Waals surface area contributed by atoms with Gasteiger partial charge in [0.1, 0.15) is 23.7 Å². The summed E-state index contributed by atoms with van der Waals surface area (Å²) in [5, 5.41) is 2.51. The number of rotatable bonds is 10. The van der Waals surface area contributed by atoms with Gasteiger partial charge in [-0.2, -0.15) is 0 Å². The van der Waals surface area contributed by atoms with Gasteiger partial charge in [-0.15, -0.1) is 0 Å². The lowest BCUT2D eigenvalue weighted by Crippen LogP contribution is -2.56. The third kappa shape index (κ3) is 9.57. The van der Waals surface area contributed by atoms with E-state index in [-0.39, 0.29) is 11.8 Å². The Morgan fingerprint density at radius 3 is 1.87 bits per heavy atom. The lowest BCUT2D eigenvalue weighted by atomic mass is 10.0. The molecule has 9 nitrogen and oxygen atoms in total. The molecule has 9 heteroatoms. The number of carbonyl (C=O) groups is 4. The zero-order valence-electron chi connectivity index (χ0n) is 20.8. The van der Waals surface area contributed by atoms with Gasteiger partial charge in [0.15, 0.2) is 0 Å². The minimum atomic E-state index is -0.885. The van der Waals surface area contributed by atoms with Crippen molar-refractivity contribution in [2.45, 2.75) is 91.5 Å². The minimum absolute atomic E-state index is 0.168. The number of nitrogens with one attached hydrogen (secondary N) is 1. The summed E-state index contributed by atoms with van der Waals surface area (Å²) < 4.78 is 10.1. The van der Waals surface area contributed by atoms with Crippen LogP contribution in [0.4, 0.5) is 4.79 Å². The van der Waals surface area contributed by atoms with Gasteiger partial charge in [0.2, 0.25) is 11.8 Å². The first-order valence-electron chi connectivity index (χ1n) is 10.8. The largest absolute Gasteiger partial charge is 0.467 e. The van der Waals surface area contributed by atoms with Gasteiger partial charge >= 0.3 is 12.1 Å². The molecule has 0 heterocycles. The van der Waals surface area contributed by atoms with Crippen molar-refractivity contribution in [1.82, 2.24) is 15.1 Å². The van der Waals surface area contributed by atoms with E-state index in [1.165, 1.54) is 30.9 Å². The number of nitrogens with zero attached hydrogens (tertiary/aromatic N) is 2. The molecule has 0 aliphatic carbocycles. The quantitative estimate of drug-likeness (QED) is 0.520. The Morgan fingerprint density at radius 1 is 0.935 bits per heavy atom. The number of hydrogen-bond donors (Lipinski definition) is 1. The van der Waals surface area contributed by atoms with Gasteiger partial charge in [0, 0.05) is 14.1 Å². The summed E-state index contributed by atoms with van der Waals surface area (Å²) >= 11 is 0. The summed E-state index contributed by atoms with van der Waals surface area (Å²) in [7, 11) is 4.37. The van der Waals surface area contributed by atoms with Crippen molar-refractivity contribution in [2.75, 3.05) is 21.2 Å². The van der Waals surface area contributed by atoms with E-state index in [9.17, 15) is 19.2 Å². The van der Waals surface area contributed by atoms with E-state index < -0.39 is 41.7 Å². The van der Waals surface area contributed by atoms with Crippen LogP contribution in [0.1, 0.15) is 67.7 Å². The zero-order valence-corrected chi connectivity index (χ0v) is 20.8. The maximum Gasteiger partial charge on any atom is 0.408 e. The molecule has 0 saturated heterocycles. The highest BCUT2D eigenvalue weighted by molar-refractivity contribution is 5.92. The Bertz CT molecular complexity index is 629. The molecule has 31 heavy (non-hydrogen) atoms. The molecule has 0 aromatic carbocycles. The molecule has 3 atom stereocenters. The van der Waals surface area contributed by atoms with Gasteiger partial charge in [0.05, 0.1) is 7.11 Å². The average molecular weight is 444 g/mol. The number of alkyl carbamates (subject to hydrolysis) is 1. The lowest BCUT2D eigenvalue weighted by Gasteiger charge is -2.35. The maximum atomic E-state index is 13.3. The lowest BCUT2D eigenvalue weighted by molar-refractivity contribution is -0.155.